The molecule has 2 heterocycles. The number of anilines is 1. The summed E-state index contributed by atoms with van der Waals surface area (Å²) in [5, 5.41) is 16.4. The zero-order valence-electron chi connectivity index (χ0n) is 19.5. The van der Waals surface area contributed by atoms with E-state index in [2.05, 4.69) is 15.6 Å². The molecule has 0 spiro atoms. The van der Waals surface area contributed by atoms with Crippen LogP contribution in [0.5, 0.6) is 11.5 Å². The molecule has 1 saturated carbocycles. The second-order valence-electron chi connectivity index (χ2n) is 10.2. The summed E-state index contributed by atoms with van der Waals surface area (Å²) >= 11 is 0. The van der Waals surface area contributed by atoms with E-state index in [0.29, 0.717) is 22.9 Å². The molecule has 0 radical (unpaired) electrons. The van der Waals surface area contributed by atoms with Gasteiger partial charge in [0.25, 0.3) is 5.91 Å². The monoisotopic (exact) mass is 463 g/mol. The highest BCUT2D eigenvalue weighted by Gasteiger charge is 2.51. The first-order chi connectivity index (χ1) is 16.2. The van der Waals surface area contributed by atoms with Gasteiger partial charge in [-0.2, -0.15) is 0 Å². The van der Waals surface area contributed by atoms with Gasteiger partial charge in [-0.05, 0) is 60.2 Å². The summed E-state index contributed by atoms with van der Waals surface area (Å²) in [7, 11) is 0. The smallest absolute Gasteiger partial charge is 0.268 e. The third-order valence-corrected chi connectivity index (χ3v) is 6.77. The average Bonchev–Trinajstić information content (AvgIpc) is 3.29. The molecule has 1 aromatic heterocycles. The predicted molar refractivity (Wildman–Crippen MR) is 128 cm³/mol. The van der Waals surface area contributed by atoms with E-state index in [1.54, 1.807) is 6.07 Å². The number of aliphatic hydroxyl groups excluding tert-OH is 1. The van der Waals surface area contributed by atoms with Crippen LogP contribution in [0.3, 0.4) is 0 Å². The fourth-order valence-corrected chi connectivity index (χ4v) is 4.32. The Labute approximate surface area is 197 Å². The number of benzene rings is 2. The highest BCUT2D eigenvalue weighted by atomic mass is 16.7. The first-order valence-corrected chi connectivity index (χ1v) is 11.5. The third kappa shape index (κ3) is 3.98. The van der Waals surface area contributed by atoms with Crippen molar-refractivity contribution in [3.8, 4) is 11.5 Å². The number of H-pyrrole nitrogens is 1. The van der Waals surface area contributed by atoms with Crippen LogP contribution in [0.1, 0.15) is 49.7 Å². The molecular weight excluding hydrogens is 434 g/mol. The maximum atomic E-state index is 13.2. The minimum absolute atomic E-state index is 0.0600. The van der Waals surface area contributed by atoms with Crippen molar-refractivity contribution in [2.24, 2.45) is 5.41 Å². The lowest BCUT2D eigenvalue weighted by Crippen LogP contribution is -2.46. The van der Waals surface area contributed by atoms with Crippen LogP contribution in [0.4, 0.5) is 5.69 Å². The Morgan fingerprint density at radius 1 is 1.09 bits per heavy atom. The van der Waals surface area contributed by atoms with Crippen molar-refractivity contribution in [3.05, 3.63) is 53.7 Å². The molecule has 3 aromatic rings. The molecular formula is C26H29N3O5. The Balaban J connectivity index is 1.32. The first-order valence-electron chi connectivity index (χ1n) is 11.5. The van der Waals surface area contributed by atoms with E-state index in [1.165, 1.54) is 0 Å². The number of hydrogen-bond acceptors (Lipinski definition) is 5. The van der Waals surface area contributed by atoms with E-state index < -0.39 is 5.41 Å². The SMILES string of the molecule is CC(C)(C)[C@@H](CO)NC(=O)c1cc2cc(NC(=O)C3(c4ccc5c(c4)OCO5)CC3)ccc2[nH]1. The standard InChI is InChI=1S/C26H29N3O5/c1-25(2,3)22(13-30)29-23(31)19-11-15-10-17(5-6-18(15)28-19)27-24(32)26(8-9-26)16-4-7-20-21(12-16)34-14-33-20/h4-7,10-12,22,28,30H,8-9,13-14H2,1-3H3,(H,27,32)(H,29,31)/t22-/m1/s1. The van der Waals surface area contributed by atoms with Crippen molar-refractivity contribution in [2.45, 2.75) is 45.1 Å². The van der Waals surface area contributed by atoms with Crippen LogP contribution in [-0.2, 0) is 10.2 Å². The molecule has 178 valence electrons. The number of amides is 2. The van der Waals surface area contributed by atoms with Gasteiger partial charge in [-0.25, -0.2) is 0 Å². The van der Waals surface area contributed by atoms with Gasteiger partial charge >= 0.3 is 0 Å². The summed E-state index contributed by atoms with van der Waals surface area (Å²) in [5.41, 5.74) is 1.94. The molecule has 1 atom stereocenters. The van der Waals surface area contributed by atoms with Gasteiger partial charge < -0.3 is 30.2 Å². The van der Waals surface area contributed by atoms with E-state index >= 15 is 0 Å². The molecule has 0 saturated heterocycles. The molecule has 0 bridgehead atoms. The number of carbonyl (C=O) groups is 2. The first kappa shape index (κ1) is 22.3. The van der Waals surface area contributed by atoms with Crippen LogP contribution >= 0.6 is 0 Å². The Morgan fingerprint density at radius 2 is 1.85 bits per heavy atom. The highest BCUT2D eigenvalue weighted by Crippen LogP contribution is 2.51. The van der Waals surface area contributed by atoms with Crippen LogP contribution in [-0.4, -0.2) is 41.3 Å². The Bertz CT molecular complexity index is 1270. The molecule has 0 unspecified atom stereocenters. The maximum Gasteiger partial charge on any atom is 0.268 e. The fraction of sp³-hybridized carbons (Fsp3) is 0.385. The number of ether oxygens (including phenoxy) is 2. The number of carbonyl (C=O) groups excluding carboxylic acids is 2. The molecule has 34 heavy (non-hydrogen) atoms. The van der Waals surface area contributed by atoms with Crippen molar-refractivity contribution >= 4 is 28.4 Å². The Morgan fingerprint density at radius 3 is 2.56 bits per heavy atom. The molecule has 5 rings (SSSR count). The van der Waals surface area contributed by atoms with Gasteiger partial charge in [0.15, 0.2) is 11.5 Å². The molecule has 2 aromatic carbocycles. The lowest BCUT2D eigenvalue weighted by molar-refractivity contribution is -0.118. The molecule has 1 aliphatic heterocycles. The number of aromatic nitrogens is 1. The minimum atomic E-state index is -0.564. The molecule has 1 fully saturated rings. The second kappa shape index (κ2) is 8.06. The summed E-state index contributed by atoms with van der Waals surface area (Å²) in [6.45, 7) is 5.95. The zero-order chi connectivity index (χ0) is 24.1. The fourth-order valence-electron chi connectivity index (χ4n) is 4.32. The predicted octanol–water partition coefficient (Wildman–Crippen LogP) is 3.70. The largest absolute Gasteiger partial charge is 0.454 e. The van der Waals surface area contributed by atoms with Crippen molar-refractivity contribution in [2.75, 3.05) is 18.7 Å². The quantitative estimate of drug-likeness (QED) is 0.445. The van der Waals surface area contributed by atoms with Crippen molar-refractivity contribution in [1.29, 1.82) is 0 Å². The summed E-state index contributed by atoms with van der Waals surface area (Å²) in [4.78, 5) is 29.1. The van der Waals surface area contributed by atoms with E-state index in [-0.39, 0.29) is 36.7 Å². The second-order valence-corrected chi connectivity index (χ2v) is 10.2. The Kier molecular flexibility index (Phi) is 5.28. The Hall–Kier alpha value is -3.52. The van der Waals surface area contributed by atoms with Gasteiger partial charge in [0.05, 0.1) is 18.1 Å². The summed E-state index contributed by atoms with van der Waals surface area (Å²) in [6, 6.07) is 12.6. The van der Waals surface area contributed by atoms with E-state index in [1.807, 2.05) is 57.2 Å². The van der Waals surface area contributed by atoms with Gasteiger partial charge in [-0.1, -0.05) is 26.8 Å². The molecule has 4 N–H and O–H groups in total. The van der Waals surface area contributed by atoms with Crippen molar-refractivity contribution < 1.29 is 24.2 Å². The van der Waals surface area contributed by atoms with E-state index in [9.17, 15) is 14.7 Å². The lowest BCUT2D eigenvalue weighted by Gasteiger charge is -2.29. The van der Waals surface area contributed by atoms with Crippen LogP contribution < -0.4 is 20.1 Å². The van der Waals surface area contributed by atoms with E-state index in [0.717, 1.165) is 29.3 Å². The topological polar surface area (TPSA) is 113 Å². The van der Waals surface area contributed by atoms with Crippen LogP contribution in [0.2, 0.25) is 0 Å². The summed E-state index contributed by atoms with van der Waals surface area (Å²) in [5.74, 6) is 1.03. The van der Waals surface area contributed by atoms with E-state index in [4.69, 9.17) is 9.47 Å². The van der Waals surface area contributed by atoms with Crippen molar-refractivity contribution in [3.63, 3.8) is 0 Å². The lowest BCUT2D eigenvalue weighted by atomic mass is 9.87. The van der Waals surface area contributed by atoms with Gasteiger partial charge in [-0.3, -0.25) is 9.59 Å². The zero-order valence-corrected chi connectivity index (χ0v) is 19.5. The van der Waals surface area contributed by atoms with Gasteiger partial charge in [-0.15, -0.1) is 0 Å². The molecule has 2 amide bonds. The number of hydrogen-bond donors (Lipinski definition) is 4. The number of fused-ring (bicyclic) bond motifs is 2. The van der Waals surface area contributed by atoms with Crippen LogP contribution in [0.15, 0.2) is 42.5 Å². The average molecular weight is 464 g/mol. The normalized spacial score (nSPS) is 16.8. The third-order valence-electron chi connectivity index (χ3n) is 6.77. The van der Waals surface area contributed by atoms with Gasteiger partial charge in [0.1, 0.15) is 5.69 Å². The number of aliphatic hydroxyl groups is 1. The van der Waals surface area contributed by atoms with Crippen LogP contribution in [0, 0.1) is 5.41 Å². The molecule has 8 nitrogen and oxygen atoms in total. The molecule has 2 aliphatic rings. The summed E-state index contributed by atoms with van der Waals surface area (Å²) in [6.07, 6.45) is 1.55. The van der Waals surface area contributed by atoms with Gasteiger partial charge in [0.2, 0.25) is 12.7 Å². The summed E-state index contributed by atoms with van der Waals surface area (Å²) < 4.78 is 10.9. The number of aromatic amines is 1. The minimum Gasteiger partial charge on any atom is -0.454 e. The highest BCUT2D eigenvalue weighted by molar-refractivity contribution is 6.03. The maximum absolute atomic E-state index is 13.2. The molecule has 8 heteroatoms. The van der Waals surface area contributed by atoms with Gasteiger partial charge in [0, 0.05) is 16.6 Å². The van der Waals surface area contributed by atoms with Crippen LogP contribution in [0.25, 0.3) is 10.9 Å². The number of nitrogens with one attached hydrogen (secondary N) is 3. The molecule has 1 aliphatic carbocycles. The van der Waals surface area contributed by atoms with Crippen molar-refractivity contribution in [1.82, 2.24) is 10.3 Å². The number of rotatable bonds is 6.